The highest BCUT2D eigenvalue weighted by Gasteiger charge is 2.13. The maximum Gasteiger partial charge on any atom is 0.0602 e. The van der Waals surface area contributed by atoms with E-state index >= 15 is 0 Å². The Bertz CT molecular complexity index is 498. The van der Waals surface area contributed by atoms with E-state index in [9.17, 15) is 0 Å². The van der Waals surface area contributed by atoms with Crippen LogP contribution in [0.5, 0.6) is 0 Å². The number of rotatable bonds is 4. The van der Waals surface area contributed by atoms with E-state index in [0.29, 0.717) is 0 Å². The number of aromatic nitrogens is 1. The van der Waals surface area contributed by atoms with Crippen molar-refractivity contribution in [2.45, 2.75) is 25.8 Å². The molecule has 1 aliphatic heterocycles. The summed E-state index contributed by atoms with van der Waals surface area (Å²) in [6, 6.07) is 12.8. The predicted molar refractivity (Wildman–Crippen MR) is 80.6 cm³/mol. The lowest BCUT2D eigenvalue weighted by Crippen LogP contribution is -2.30. The third-order valence-corrected chi connectivity index (χ3v) is 3.73. The van der Waals surface area contributed by atoms with Crippen LogP contribution >= 0.6 is 0 Å². The van der Waals surface area contributed by atoms with Gasteiger partial charge in [-0.2, -0.15) is 0 Å². The van der Waals surface area contributed by atoms with Crippen LogP contribution in [0.1, 0.15) is 25.0 Å². The number of aromatic amines is 1. The van der Waals surface area contributed by atoms with Gasteiger partial charge in [0, 0.05) is 25.0 Å². The van der Waals surface area contributed by atoms with Crippen molar-refractivity contribution in [2.24, 2.45) is 0 Å². The fraction of sp³-hybridized carbons (Fsp3) is 0.375. The van der Waals surface area contributed by atoms with Crippen LogP contribution in [0, 0.1) is 0 Å². The van der Waals surface area contributed by atoms with Crippen LogP contribution in [-0.2, 0) is 6.54 Å². The van der Waals surface area contributed by atoms with Gasteiger partial charge in [-0.05, 0) is 43.5 Å². The number of piperidine rings is 1. The Morgan fingerprint density at radius 2 is 1.84 bits per heavy atom. The van der Waals surface area contributed by atoms with Gasteiger partial charge in [0.15, 0.2) is 0 Å². The average Bonchev–Trinajstić information content (AvgIpc) is 3.00. The summed E-state index contributed by atoms with van der Waals surface area (Å²) >= 11 is 0. The molecule has 2 aromatic rings. The standard InChI is InChI=1S/C16H21N3/c1-4-11-19(12-5-1)16-9-3-2-8-15(16)18-13-14-7-6-10-17-14/h2-3,6-10,17-18H,1,4-5,11-13H2. The SMILES string of the molecule is c1c[nH]c(CNc2ccccc2N2CCCCC2)c1. The molecule has 1 aromatic carbocycles. The average molecular weight is 255 g/mol. The van der Waals surface area contributed by atoms with Gasteiger partial charge >= 0.3 is 0 Å². The van der Waals surface area contributed by atoms with Crippen molar-refractivity contribution in [1.82, 2.24) is 4.98 Å². The Balaban J connectivity index is 1.73. The van der Waals surface area contributed by atoms with Crippen LogP contribution in [-0.4, -0.2) is 18.1 Å². The summed E-state index contributed by atoms with van der Waals surface area (Å²) in [5.41, 5.74) is 3.79. The van der Waals surface area contributed by atoms with Crippen molar-refractivity contribution < 1.29 is 0 Å². The molecule has 0 radical (unpaired) electrons. The molecule has 0 aliphatic carbocycles. The van der Waals surface area contributed by atoms with Gasteiger partial charge in [-0.25, -0.2) is 0 Å². The number of nitrogens with zero attached hydrogens (tertiary/aromatic N) is 1. The number of hydrogen-bond acceptors (Lipinski definition) is 2. The first kappa shape index (κ1) is 12.2. The van der Waals surface area contributed by atoms with Gasteiger partial charge in [-0.1, -0.05) is 12.1 Å². The van der Waals surface area contributed by atoms with Gasteiger partial charge in [-0.15, -0.1) is 0 Å². The highest BCUT2D eigenvalue weighted by molar-refractivity contribution is 5.70. The van der Waals surface area contributed by atoms with E-state index in [2.05, 4.69) is 45.5 Å². The molecular formula is C16H21N3. The van der Waals surface area contributed by atoms with Gasteiger partial charge in [0.25, 0.3) is 0 Å². The van der Waals surface area contributed by atoms with Crippen LogP contribution in [0.4, 0.5) is 11.4 Å². The van der Waals surface area contributed by atoms with E-state index in [-0.39, 0.29) is 0 Å². The Kier molecular flexibility index (Phi) is 3.73. The first-order valence-corrected chi connectivity index (χ1v) is 7.13. The number of H-pyrrole nitrogens is 1. The van der Waals surface area contributed by atoms with Crippen LogP contribution in [0.15, 0.2) is 42.6 Å². The number of para-hydroxylation sites is 2. The molecule has 1 aromatic heterocycles. The van der Waals surface area contributed by atoms with Gasteiger partial charge in [-0.3, -0.25) is 0 Å². The van der Waals surface area contributed by atoms with E-state index in [1.165, 1.54) is 49.4 Å². The predicted octanol–water partition coefficient (Wildman–Crippen LogP) is 3.62. The van der Waals surface area contributed by atoms with Crippen molar-refractivity contribution in [2.75, 3.05) is 23.3 Å². The van der Waals surface area contributed by atoms with Gasteiger partial charge < -0.3 is 15.2 Å². The first-order valence-electron chi connectivity index (χ1n) is 7.13. The fourth-order valence-corrected chi connectivity index (χ4v) is 2.70. The number of anilines is 2. The summed E-state index contributed by atoms with van der Waals surface area (Å²) in [4.78, 5) is 5.73. The molecule has 0 atom stereocenters. The molecule has 100 valence electrons. The number of benzene rings is 1. The van der Waals surface area contributed by atoms with Crippen LogP contribution in [0.2, 0.25) is 0 Å². The summed E-state index contributed by atoms with van der Waals surface area (Å²) in [7, 11) is 0. The van der Waals surface area contributed by atoms with E-state index < -0.39 is 0 Å². The Labute approximate surface area is 114 Å². The molecule has 3 heteroatoms. The minimum absolute atomic E-state index is 0.845. The molecule has 0 saturated carbocycles. The monoisotopic (exact) mass is 255 g/mol. The molecule has 0 amide bonds. The van der Waals surface area contributed by atoms with Crippen LogP contribution < -0.4 is 10.2 Å². The van der Waals surface area contributed by atoms with Crippen LogP contribution in [0.25, 0.3) is 0 Å². The van der Waals surface area contributed by atoms with E-state index in [1.807, 2.05) is 12.3 Å². The van der Waals surface area contributed by atoms with E-state index in [0.717, 1.165) is 6.54 Å². The molecule has 0 spiro atoms. The summed E-state index contributed by atoms with van der Waals surface area (Å²) in [5, 5.41) is 3.54. The van der Waals surface area contributed by atoms with Gasteiger partial charge in [0.1, 0.15) is 0 Å². The Morgan fingerprint density at radius 1 is 1.00 bits per heavy atom. The smallest absolute Gasteiger partial charge is 0.0602 e. The second-order valence-corrected chi connectivity index (χ2v) is 5.11. The normalized spacial score (nSPS) is 15.5. The minimum Gasteiger partial charge on any atom is -0.378 e. The first-order chi connectivity index (χ1) is 9.43. The summed E-state index contributed by atoms with van der Waals surface area (Å²) in [5.74, 6) is 0. The zero-order valence-electron chi connectivity index (χ0n) is 11.2. The van der Waals surface area contributed by atoms with Gasteiger partial charge in [0.2, 0.25) is 0 Å². The molecule has 1 aliphatic rings. The second-order valence-electron chi connectivity index (χ2n) is 5.11. The molecule has 1 fully saturated rings. The summed E-state index contributed by atoms with van der Waals surface area (Å²) in [6.07, 6.45) is 5.96. The number of hydrogen-bond donors (Lipinski definition) is 2. The van der Waals surface area contributed by atoms with Crippen molar-refractivity contribution in [1.29, 1.82) is 0 Å². The number of nitrogens with one attached hydrogen (secondary N) is 2. The maximum absolute atomic E-state index is 3.54. The molecular weight excluding hydrogens is 234 g/mol. The highest BCUT2D eigenvalue weighted by atomic mass is 15.1. The quantitative estimate of drug-likeness (QED) is 0.874. The van der Waals surface area contributed by atoms with Crippen LogP contribution in [0.3, 0.4) is 0 Å². The lowest BCUT2D eigenvalue weighted by atomic mass is 10.1. The topological polar surface area (TPSA) is 31.1 Å². The Hall–Kier alpha value is -1.90. The van der Waals surface area contributed by atoms with Crippen molar-refractivity contribution in [3.63, 3.8) is 0 Å². The molecule has 2 N–H and O–H groups in total. The van der Waals surface area contributed by atoms with E-state index in [1.54, 1.807) is 0 Å². The van der Waals surface area contributed by atoms with E-state index in [4.69, 9.17) is 0 Å². The minimum atomic E-state index is 0.845. The van der Waals surface area contributed by atoms with Crippen molar-refractivity contribution in [3.05, 3.63) is 48.3 Å². The molecule has 3 nitrogen and oxygen atoms in total. The molecule has 19 heavy (non-hydrogen) atoms. The Morgan fingerprint density at radius 3 is 2.63 bits per heavy atom. The highest BCUT2D eigenvalue weighted by Crippen LogP contribution is 2.28. The zero-order chi connectivity index (χ0) is 12.9. The third kappa shape index (κ3) is 2.92. The maximum atomic E-state index is 3.54. The summed E-state index contributed by atoms with van der Waals surface area (Å²) < 4.78 is 0. The van der Waals surface area contributed by atoms with Gasteiger partial charge in [0.05, 0.1) is 17.9 Å². The second kappa shape index (κ2) is 5.83. The lowest BCUT2D eigenvalue weighted by Gasteiger charge is -2.30. The summed E-state index contributed by atoms with van der Waals surface area (Å²) in [6.45, 7) is 3.21. The largest absolute Gasteiger partial charge is 0.378 e. The zero-order valence-corrected chi connectivity index (χ0v) is 11.2. The molecule has 0 bridgehead atoms. The molecule has 1 saturated heterocycles. The van der Waals surface area contributed by atoms with Crippen molar-refractivity contribution in [3.8, 4) is 0 Å². The fourth-order valence-electron chi connectivity index (χ4n) is 2.70. The van der Waals surface area contributed by atoms with Crippen molar-refractivity contribution >= 4 is 11.4 Å². The molecule has 0 unspecified atom stereocenters. The molecule has 3 rings (SSSR count). The molecule has 2 heterocycles. The third-order valence-electron chi connectivity index (χ3n) is 3.73. The lowest BCUT2D eigenvalue weighted by molar-refractivity contribution is 0.578.